The van der Waals surface area contributed by atoms with E-state index in [4.69, 9.17) is 37.0 Å². The minimum absolute atomic E-state index is 0.105. The number of carbonyl (C=O) groups is 4. The lowest BCUT2D eigenvalue weighted by Gasteiger charge is -2.21. The fourth-order valence-electron chi connectivity index (χ4n) is 11.5. The van der Waals surface area contributed by atoms with Crippen molar-refractivity contribution >= 4 is 39.5 Å². The number of unbranched alkanes of at least 4 members (excludes halogenated alkanes) is 38. The summed E-state index contributed by atoms with van der Waals surface area (Å²) in [5.74, 6) is 0.934. The highest BCUT2D eigenvalue weighted by atomic mass is 31.2. The van der Waals surface area contributed by atoms with E-state index in [9.17, 15) is 43.2 Å². The molecule has 0 amide bonds. The molecule has 0 bridgehead atoms. The van der Waals surface area contributed by atoms with Gasteiger partial charge in [-0.1, -0.05) is 331 Å². The summed E-state index contributed by atoms with van der Waals surface area (Å²) >= 11 is 0. The second kappa shape index (κ2) is 65.4. The lowest BCUT2D eigenvalue weighted by molar-refractivity contribution is -0.161. The average Bonchev–Trinajstić information content (AvgIpc) is 2.30. The molecule has 3 N–H and O–H groups in total. The standard InChI is InChI=1S/C76H148O17P2/c1-9-69(8)55-47-39-31-23-18-19-25-33-42-50-58-75(80)92-72(63-87-74(79)57-49-41-35-27-30-38-46-54-68(6)7)65-91-95(84,85)89-61-70(77)60-88-94(82,83)90-64-71(93-76(81)59-51-43-34-26-20-22-29-37-45-53-67(4)5)62-86-73(78)56-48-40-32-24-17-15-13-11-10-12-14-16-21-28-36-44-52-66(2)3/h66-72,77H,9-65H2,1-8H3,(H,82,83)(H,84,85)/t69?,70?,71-,72-/m1/s1. The van der Waals surface area contributed by atoms with Gasteiger partial charge in [-0.15, -0.1) is 0 Å². The van der Waals surface area contributed by atoms with E-state index in [2.05, 4.69) is 55.4 Å². The summed E-state index contributed by atoms with van der Waals surface area (Å²) in [5, 5.41) is 10.6. The summed E-state index contributed by atoms with van der Waals surface area (Å²) in [7, 11) is -9.91. The van der Waals surface area contributed by atoms with Crippen LogP contribution < -0.4 is 0 Å². The first-order chi connectivity index (χ1) is 45.6. The fourth-order valence-corrected chi connectivity index (χ4v) is 13.1. The number of hydrogen-bond donors (Lipinski definition) is 3. The number of hydrogen-bond acceptors (Lipinski definition) is 15. The van der Waals surface area contributed by atoms with Gasteiger partial charge in [0.25, 0.3) is 0 Å². The van der Waals surface area contributed by atoms with E-state index < -0.39 is 97.5 Å². The van der Waals surface area contributed by atoms with Crippen LogP contribution >= 0.6 is 15.6 Å². The Morgan fingerprint density at radius 3 is 0.747 bits per heavy atom. The molecule has 17 nitrogen and oxygen atoms in total. The molecule has 0 aromatic rings. The predicted molar refractivity (Wildman–Crippen MR) is 386 cm³/mol. The van der Waals surface area contributed by atoms with Gasteiger partial charge in [-0.2, -0.15) is 0 Å². The normalized spacial score (nSPS) is 14.4. The predicted octanol–water partition coefficient (Wildman–Crippen LogP) is 22.0. The summed E-state index contributed by atoms with van der Waals surface area (Å²) in [4.78, 5) is 72.8. The van der Waals surface area contributed by atoms with Crippen molar-refractivity contribution in [3.05, 3.63) is 0 Å². The molecule has 19 heteroatoms. The zero-order chi connectivity index (χ0) is 70.3. The molecule has 0 saturated carbocycles. The van der Waals surface area contributed by atoms with Gasteiger partial charge in [0.1, 0.15) is 19.3 Å². The van der Waals surface area contributed by atoms with Crippen LogP contribution in [-0.2, 0) is 65.4 Å². The maximum absolute atomic E-state index is 13.1. The third-order valence-electron chi connectivity index (χ3n) is 17.9. The number of rotatable bonds is 73. The molecule has 0 aliphatic rings. The summed E-state index contributed by atoms with van der Waals surface area (Å²) in [5.41, 5.74) is 0. The van der Waals surface area contributed by atoms with Crippen molar-refractivity contribution in [2.45, 2.75) is 401 Å². The van der Waals surface area contributed by atoms with Gasteiger partial charge in [-0.05, 0) is 49.4 Å². The molecular weight excluding hydrogens is 1250 g/mol. The smallest absolute Gasteiger partial charge is 0.462 e. The number of aliphatic hydroxyl groups excluding tert-OH is 1. The first kappa shape index (κ1) is 93.1. The maximum Gasteiger partial charge on any atom is 0.472 e. The molecule has 95 heavy (non-hydrogen) atoms. The van der Waals surface area contributed by atoms with Gasteiger partial charge in [-0.3, -0.25) is 37.3 Å². The largest absolute Gasteiger partial charge is 0.472 e. The second-order valence-electron chi connectivity index (χ2n) is 29.1. The minimum Gasteiger partial charge on any atom is -0.462 e. The van der Waals surface area contributed by atoms with Gasteiger partial charge in [0.2, 0.25) is 0 Å². The Bertz CT molecular complexity index is 1870. The van der Waals surface area contributed by atoms with E-state index >= 15 is 0 Å². The van der Waals surface area contributed by atoms with E-state index in [0.717, 1.165) is 114 Å². The SMILES string of the molecule is CCC(C)CCCCCCCCCCCCC(=O)O[C@H](COC(=O)CCCCCCCCCC(C)C)COP(=O)(O)OCC(O)COP(=O)(O)OC[C@@H](COC(=O)CCCCCCCCCCCCCCCCCCC(C)C)OC(=O)CCCCCCCCCCCC(C)C. The van der Waals surface area contributed by atoms with Crippen LogP contribution in [0.3, 0.4) is 0 Å². The van der Waals surface area contributed by atoms with Gasteiger partial charge < -0.3 is 33.8 Å². The van der Waals surface area contributed by atoms with E-state index in [1.165, 1.54) is 180 Å². The molecule has 0 spiro atoms. The van der Waals surface area contributed by atoms with Gasteiger partial charge in [0.15, 0.2) is 12.2 Å². The molecule has 0 heterocycles. The van der Waals surface area contributed by atoms with E-state index in [0.29, 0.717) is 31.6 Å². The summed E-state index contributed by atoms with van der Waals surface area (Å²) in [6.45, 7) is 14.2. The van der Waals surface area contributed by atoms with Crippen LogP contribution in [0.25, 0.3) is 0 Å². The zero-order valence-electron chi connectivity index (χ0n) is 62.3. The molecule has 0 fully saturated rings. The summed E-state index contributed by atoms with van der Waals surface area (Å²) in [6, 6.07) is 0. The molecule has 0 aliphatic heterocycles. The molecule has 0 radical (unpaired) electrons. The number of ether oxygens (including phenoxy) is 4. The zero-order valence-corrected chi connectivity index (χ0v) is 64.1. The highest BCUT2D eigenvalue weighted by Gasteiger charge is 2.30. The molecule has 0 saturated heterocycles. The van der Waals surface area contributed by atoms with Gasteiger partial charge in [0.05, 0.1) is 26.4 Å². The first-order valence-corrected chi connectivity index (χ1v) is 42.2. The Balaban J connectivity index is 5.21. The lowest BCUT2D eigenvalue weighted by Crippen LogP contribution is -2.30. The summed E-state index contributed by atoms with van der Waals surface area (Å²) in [6.07, 6.45) is 50.0. The molecule has 0 aromatic carbocycles. The fraction of sp³-hybridized carbons (Fsp3) is 0.947. The molecule has 564 valence electrons. The molecule has 0 aliphatic carbocycles. The van der Waals surface area contributed by atoms with E-state index in [-0.39, 0.29) is 25.7 Å². The topological polar surface area (TPSA) is 237 Å². The molecular formula is C76H148O17P2. The van der Waals surface area contributed by atoms with Crippen molar-refractivity contribution in [1.29, 1.82) is 0 Å². The molecule has 4 unspecified atom stereocenters. The van der Waals surface area contributed by atoms with Crippen molar-refractivity contribution in [1.82, 2.24) is 0 Å². The van der Waals surface area contributed by atoms with Crippen LogP contribution in [0, 0.1) is 23.7 Å². The van der Waals surface area contributed by atoms with Gasteiger partial charge >= 0.3 is 39.5 Å². The number of phosphoric ester groups is 2. The minimum atomic E-state index is -4.96. The van der Waals surface area contributed by atoms with Crippen molar-refractivity contribution < 1.29 is 80.2 Å². The first-order valence-electron chi connectivity index (χ1n) is 39.2. The number of carbonyl (C=O) groups excluding carboxylic acids is 4. The van der Waals surface area contributed by atoms with Gasteiger partial charge in [0, 0.05) is 25.7 Å². The van der Waals surface area contributed by atoms with Gasteiger partial charge in [-0.25, -0.2) is 9.13 Å². The van der Waals surface area contributed by atoms with Crippen LogP contribution in [-0.4, -0.2) is 96.7 Å². The van der Waals surface area contributed by atoms with Crippen molar-refractivity contribution in [3.63, 3.8) is 0 Å². The van der Waals surface area contributed by atoms with Crippen LogP contribution in [0.2, 0.25) is 0 Å². The average molecular weight is 1400 g/mol. The Hall–Kier alpha value is -1.94. The van der Waals surface area contributed by atoms with Crippen LogP contribution in [0.5, 0.6) is 0 Å². The Labute approximate surface area is 581 Å². The Morgan fingerprint density at radius 1 is 0.295 bits per heavy atom. The highest BCUT2D eigenvalue weighted by molar-refractivity contribution is 7.47. The highest BCUT2D eigenvalue weighted by Crippen LogP contribution is 2.45. The van der Waals surface area contributed by atoms with E-state index in [1.54, 1.807) is 0 Å². The van der Waals surface area contributed by atoms with E-state index in [1.807, 2.05) is 0 Å². The van der Waals surface area contributed by atoms with Crippen LogP contribution in [0.15, 0.2) is 0 Å². The number of phosphoric acid groups is 2. The molecule has 0 rings (SSSR count). The number of esters is 4. The molecule has 6 atom stereocenters. The van der Waals surface area contributed by atoms with Crippen LogP contribution in [0.4, 0.5) is 0 Å². The molecule has 0 aromatic heterocycles. The Morgan fingerprint density at radius 2 is 0.505 bits per heavy atom. The monoisotopic (exact) mass is 1400 g/mol. The Kier molecular flexibility index (Phi) is 64.0. The summed E-state index contributed by atoms with van der Waals surface area (Å²) < 4.78 is 68.5. The van der Waals surface area contributed by atoms with Crippen LogP contribution in [0.1, 0.15) is 383 Å². The number of aliphatic hydroxyl groups is 1. The second-order valence-corrected chi connectivity index (χ2v) is 32.0. The third-order valence-corrected chi connectivity index (χ3v) is 19.8. The quantitative estimate of drug-likeness (QED) is 0.0222. The van der Waals surface area contributed by atoms with Crippen molar-refractivity contribution in [2.75, 3.05) is 39.6 Å². The van der Waals surface area contributed by atoms with Crippen molar-refractivity contribution in [3.8, 4) is 0 Å². The van der Waals surface area contributed by atoms with Crippen molar-refractivity contribution in [2.24, 2.45) is 23.7 Å². The third kappa shape index (κ3) is 69.0. The maximum atomic E-state index is 13.1. The lowest BCUT2D eigenvalue weighted by atomic mass is 9.99.